The van der Waals surface area contributed by atoms with Crippen LogP contribution in [0.25, 0.3) is 0 Å². The third kappa shape index (κ3) is 4.55. The van der Waals surface area contributed by atoms with E-state index in [4.69, 9.17) is 4.74 Å². The van der Waals surface area contributed by atoms with Crippen molar-refractivity contribution in [3.05, 3.63) is 65.5 Å². The molecule has 0 fully saturated rings. The minimum Gasteiger partial charge on any atom is -0.444 e. The van der Waals surface area contributed by atoms with Crippen molar-refractivity contribution in [3.63, 3.8) is 0 Å². The van der Waals surface area contributed by atoms with Crippen LogP contribution in [0.1, 0.15) is 43.5 Å². The molecule has 0 radical (unpaired) electrons. The first kappa shape index (κ1) is 17.0. The molecule has 1 unspecified atom stereocenters. The van der Waals surface area contributed by atoms with E-state index in [1.807, 2.05) is 64.1 Å². The average molecular weight is 312 g/mol. The SMILES string of the molecule is Cc1ccc(C(c2cccnc2)N(C)C(=O)OC(C)(C)C)cc1. The third-order valence-corrected chi connectivity index (χ3v) is 3.46. The Morgan fingerprint density at radius 1 is 1.13 bits per heavy atom. The van der Waals surface area contributed by atoms with E-state index < -0.39 is 5.60 Å². The summed E-state index contributed by atoms with van der Waals surface area (Å²) in [4.78, 5) is 18.3. The van der Waals surface area contributed by atoms with Crippen LogP contribution in [-0.2, 0) is 4.74 Å². The van der Waals surface area contributed by atoms with Crippen LogP contribution < -0.4 is 0 Å². The summed E-state index contributed by atoms with van der Waals surface area (Å²) in [6, 6.07) is 11.8. The Labute approximate surface area is 138 Å². The first-order valence-corrected chi connectivity index (χ1v) is 7.70. The molecule has 1 aromatic carbocycles. The number of carbonyl (C=O) groups is 1. The topological polar surface area (TPSA) is 42.4 Å². The summed E-state index contributed by atoms with van der Waals surface area (Å²) >= 11 is 0. The Balaban J connectivity index is 2.38. The van der Waals surface area contributed by atoms with Gasteiger partial charge >= 0.3 is 6.09 Å². The Hall–Kier alpha value is -2.36. The number of benzene rings is 1. The van der Waals surface area contributed by atoms with E-state index in [0.717, 1.165) is 11.1 Å². The molecule has 122 valence electrons. The summed E-state index contributed by atoms with van der Waals surface area (Å²) in [5, 5.41) is 0. The Bertz CT molecular complexity index is 645. The monoisotopic (exact) mass is 312 g/mol. The van der Waals surface area contributed by atoms with E-state index in [-0.39, 0.29) is 12.1 Å². The molecule has 0 aliphatic rings. The fraction of sp³-hybridized carbons (Fsp3) is 0.368. The molecule has 4 nitrogen and oxygen atoms in total. The fourth-order valence-corrected chi connectivity index (χ4v) is 2.37. The average Bonchev–Trinajstić information content (AvgIpc) is 2.49. The Morgan fingerprint density at radius 3 is 2.30 bits per heavy atom. The number of aromatic nitrogens is 1. The van der Waals surface area contributed by atoms with Crippen molar-refractivity contribution < 1.29 is 9.53 Å². The lowest BCUT2D eigenvalue weighted by molar-refractivity contribution is 0.0248. The number of hydrogen-bond acceptors (Lipinski definition) is 3. The summed E-state index contributed by atoms with van der Waals surface area (Å²) in [5.41, 5.74) is 2.62. The predicted octanol–water partition coefficient (Wildman–Crippen LogP) is 4.35. The summed E-state index contributed by atoms with van der Waals surface area (Å²) in [5.74, 6) is 0. The van der Waals surface area contributed by atoms with Crippen LogP contribution in [0.2, 0.25) is 0 Å². The van der Waals surface area contributed by atoms with Crippen molar-refractivity contribution in [1.82, 2.24) is 9.88 Å². The number of hydrogen-bond donors (Lipinski definition) is 0. The maximum absolute atomic E-state index is 12.5. The van der Waals surface area contributed by atoms with Gasteiger partial charge in [-0.1, -0.05) is 35.9 Å². The van der Waals surface area contributed by atoms with Crippen LogP contribution in [0.3, 0.4) is 0 Å². The van der Waals surface area contributed by atoms with E-state index in [2.05, 4.69) is 4.98 Å². The molecule has 0 saturated carbocycles. The van der Waals surface area contributed by atoms with Crippen molar-refractivity contribution in [1.29, 1.82) is 0 Å². The van der Waals surface area contributed by atoms with Crippen LogP contribution in [0, 0.1) is 6.92 Å². The minimum absolute atomic E-state index is 0.237. The molecule has 2 rings (SSSR count). The highest BCUT2D eigenvalue weighted by atomic mass is 16.6. The van der Waals surface area contributed by atoms with Gasteiger partial charge < -0.3 is 9.64 Å². The largest absolute Gasteiger partial charge is 0.444 e. The molecule has 1 heterocycles. The van der Waals surface area contributed by atoms with Gasteiger partial charge in [0.25, 0.3) is 0 Å². The molecule has 4 heteroatoms. The zero-order valence-electron chi connectivity index (χ0n) is 14.4. The highest BCUT2D eigenvalue weighted by molar-refractivity contribution is 5.69. The van der Waals surface area contributed by atoms with Crippen molar-refractivity contribution in [2.45, 2.75) is 39.3 Å². The first-order valence-electron chi connectivity index (χ1n) is 7.70. The molecule has 1 aromatic heterocycles. The smallest absolute Gasteiger partial charge is 0.410 e. The van der Waals surface area contributed by atoms with Crippen molar-refractivity contribution >= 4 is 6.09 Å². The maximum atomic E-state index is 12.5. The minimum atomic E-state index is -0.530. The summed E-state index contributed by atoms with van der Waals surface area (Å²) < 4.78 is 5.51. The number of carbonyl (C=O) groups excluding carboxylic acids is 1. The normalized spacial score (nSPS) is 12.6. The van der Waals surface area contributed by atoms with E-state index in [1.54, 1.807) is 24.3 Å². The summed E-state index contributed by atoms with van der Waals surface area (Å²) in [6.07, 6.45) is 3.15. The zero-order chi connectivity index (χ0) is 17.0. The number of nitrogens with zero attached hydrogens (tertiary/aromatic N) is 2. The quantitative estimate of drug-likeness (QED) is 0.846. The standard InChI is InChI=1S/C19H24N2O2/c1-14-8-10-15(11-9-14)17(16-7-6-12-20-13-16)21(5)18(22)23-19(2,3)4/h6-13,17H,1-5H3. The summed E-state index contributed by atoms with van der Waals surface area (Å²) in [6.45, 7) is 7.64. The van der Waals surface area contributed by atoms with Gasteiger partial charge in [-0.2, -0.15) is 0 Å². The lowest BCUT2D eigenvalue weighted by atomic mass is 9.98. The summed E-state index contributed by atoms with van der Waals surface area (Å²) in [7, 11) is 1.76. The molecule has 1 amide bonds. The van der Waals surface area contributed by atoms with Gasteiger partial charge in [-0.15, -0.1) is 0 Å². The molecule has 0 bridgehead atoms. The first-order chi connectivity index (χ1) is 10.8. The molecular formula is C19H24N2O2. The number of rotatable bonds is 3. The Kier molecular flexibility index (Phi) is 5.04. The third-order valence-electron chi connectivity index (χ3n) is 3.46. The van der Waals surface area contributed by atoms with E-state index in [9.17, 15) is 4.79 Å². The van der Waals surface area contributed by atoms with Crippen molar-refractivity contribution in [3.8, 4) is 0 Å². The van der Waals surface area contributed by atoms with Crippen LogP contribution in [-0.4, -0.2) is 28.6 Å². The van der Waals surface area contributed by atoms with E-state index in [1.165, 1.54) is 5.56 Å². The van der Waals surface area contributed by atoms with Gasteiger partial charge in [0, 0.05) is 19.4 Å². The van der Waals surface area contributed by atoms with Gasteiger partial charge in [-0.3, -0.25) is 4.98 Å². The second-order valence-electron chi connectivity index (χ2n) is 6.69. The van der Waals surface area contributed by atoms with E-state index in [0.29, 0.717) is 0 Å². The molecule has 0 aliphatic heterocycles. The van der Waals surface area contributed by atoms with Crippen molar-refractivity contribution in [2.75, 3.05) is 7.05 Å². The van der Waals surface area contributed by atoms with Crippen molar-refractivity contribution in [2.24, 2.45) is 0 Å². The zero-order valence-corrected chi connectivity index (χ0v) is 14.4. The van der Waals surface area contributed by atoms with Crippen LogP contribution in [0.4, 0.5) is 4.79 Å². The molecule has 0 spiro atoms. The Morgan fingerprint density at radius 2 is 1.78 bits per heavy atom. The molecule has 0 aliphatic carbocycles. The lowest BCUT2D eigenvalue weighted by Gasteiger charge is -2.31. The molecular weight excluding hydrogens is 288 g/mol. The second kappa shape index (κ2) is 6.82. The van der Waals surface area contributed by atoms with Gasteiger partial charge in [0.05, 0.1) is 6.04 Å². The highest BCUT2D eigenvalue weighted by Crippen LogP contribution is 2.28. The number of ether oxygens (including phenoxy) is 1. The molecule has 0 N–H and O–H groups in total. The van der Waals surface area contributed by atoms with Gasteiger partial charge in [0.2, 0.25) is 0 Å². The molecule has 1 atom stereocenters. The van der Waals surface area contributed by atoms with Crippen LogP contribution in [0.5, 0.6) is 0 Å². The van der Waals surface area contributed by atoms with Gasteiger partial charge in [0.15, 0.2) is 0 Å². The van der Waals surface area contributed by atoms with Gasteiger partial charge in [0.1, 0.15) is 5.60 Å². The molecule has 2 aromatic rings. The lowest BCUT2D eigenvalue weighted by Crippen LogP contribution is -2.37. The molecule has 0 saturated heterocycles. The fourth-order valence-electron chi connectivity index (χ4n) is 2.37. The second-order valence-corrected chi connectivity index (χ2v) is 6.69. The van der Waals surface area contributed by atoms with E-state index >= 15 is 0 Å². The van der Waals surface area contributed by atoms with Gasteiger partial charge in [-0.25, -0.2) is 4.79 Å². The number of aryl methyl sites for hydroxylation is 1. The number of pyridine rings is 1. The van der Waals surface area contributed by atoms with Gasteiger partial charge in [-0.05, 0) is 44.9 Å². The molecule has 23 heavy (non-hydrogen) atoms. The van der Waals surface area contributed by atoms with Crippen LogP contribution >= 0.6 is 0 Å². The number of amides is 1. The predicted molar refractivity (Wildman–Crippen MR) is 91.3 cm³/mol. The van der Waals surface area contributed by atoms with Crippen LogP contribution in [0.15, 0.2) is 48.8 Å². The maximum Gasteiger partial charge on any atom is 0.410 e. The highest BCUT2D eigenvalue weighted by Gasteiger charge is 2.27.